The van der Waals surface area contributed by atoms with Gasteiger partial charge in [0, 0.05) is 48.0 Å². The molecule has 0 bridgehead atoms. The minimum Gasteiger partial charge on any atom is -0.493 e. The molecule has 26 heavy (non-hydrogen) atoms. The Morgan fingerprint density at radius 3 is 2.62 bits per heavy atom. The van der Waals surface area contributed by atoms with Crippen molar-refractivity contribution in [2.24, 2.45) is 0 Å². The van der Waals surface area contributed by atoms with Crippen LogP contribution in [0.2, 0.25) is 0 Å². The lowest BCUT2D eigenvalue weighted by Crippen LogP contribution is -2.31. The Balaban J connectivity index is 1.77. The highest BCUT2D eigenvalue weighted by Crippen LogP contribution is 2.40. The van der Waals surface area contributed by atoms with E-state index in [-0.39, 0.29) is 0 Å². The Bertz CT molecular complexity index is 819. The van der Waals surface area contributed by atoms with Crippen molar-refractivity contribution in [1.82, 2.24) is 9.88 Å². The zero-order valence-corrected chi connectivity index (χ0v) is 16.3. The Morgan fingerprint density at radius 1 is 1.15 bits per heavy atom. The molecule has 2 heterocycles. The lowest BCUT2D eigenvalue weighted by molar-refractivity contribution is 0.274. The fraction of sp³-hybridized carbons (Fsp3) is 0.571. The van der Waals surface area contributed by atoms with Gasteiger partial charge < -0.3 is 14.8 Å². The monoisotopic (exact) mass is 355 g/mol. The minimum absolute atomic E-state index is 0.487. The largest absolute Gasteiger partial charge is 0.493 e. The van der Waals surface area contributed by atoms with Crippen molar-refractivity contribution in [3.63, 3.8) is 0 Å². The SMILES string of the molecule is COc1cc2nc3c(c(N[C@H]4CCN(C(C)C)C4)c2cc1OC)CCC3. The number of likely N-dealkylation sites (tertiary alicyclic amines) is 1. The summed E-state index contributed by atoms with van der Waals surface area (Å²) in [5.41, 5.74) is 4.89. The number of methoxy groups -OCH3 is 2. The van der Waals surface area contributed by atoms with Crippen molar-refractivity contribution in [1.29, 1.82) is 0 Å². The molecular formula is C21H29N3O2. The van der Waals surface area contributed by atoms with Crippen LogP contribution in [0.3, 0.4) is 0 Å². The molecule has 1 atom stereocenters. The Kier molecular flexibility index (Phi) is 4.65. The van der Waals surface area contributed by atoms with Crippen LogP contribution in [0.15, 0.2) is 12.1 Å². The molecule has 1 saturated heterocycles. The number of rotatable bonds is 5. The van der Waals surface area contributed by atoms with Crippen LogP contribution in [-0.4, -0.2) is 49.3 Å². The first-order chi connectivity index (χ1) is 12.6. The molecule has 5 heteroatoms. The van der Waals surface area contributed by atoms with Crippen LogP contribution in [0, 0.1) is 0 Å². The molecule has 2 aromatic rings. The molecule has 2 aliphatic rings. The van der Waals surface area contributed by atoms with Crippen molar-refractivity contribution < 1.29 is 9.47 Å². The van der Waals surface area contributed by atoms with Gasteiger partial charge in [-0.25, -0.2) is 0 Å². The third-order valence-corrected chi connectivity index (χ3v) is 5.82. The van der Waals surface area contributed by atoms with Crippen molar-refractivity contribution in [3.8, 4) is 11.5 Å². The quantitative estimate of drug-likeness (QED) is 0.887. The molecule has 1 aliphatic heterocycles. The predicted molar refractivity (Wildman–Crippen MR) is 106 cm³/mol. The van der Waals surface area contributed by atoms with E-state index < -0.39 is 0 Å². The Labute approximate surface area is 155 Å². The highest BCUT2D eigenvalue weighted by atomic mass is 16.5. The standard InChI is InChI=1S/C21H29N3O2/c1-13(2)24-9-8-14(12-24)22-21-15-6-5-7-17(15)23-18-11-20(26-4)19(25-3)10-16(18)21/h10-11,13-14H,5-9,12H2,1-4H3,(H,22,23)/t14-/m0/s1. The molecule has 4 rings (SSSR count). The van der Waals surface area contributed by atoms with E-state index in [1.807, 2.05) is 6.07 Å². The van der Waals surface area contributed by atoms with Crippen LogP contribution in [0.1, 0.15) is 37.9 Å². The molecule has 0 unspecified atom stereocenters. The smallest absolute Gasteiger partial charge is 0.162 e. The number of aromatic nitrogens is 1. The summed E-state index contributed by atoms with van der Waals surface area (Å²) in [7, 11) is 3.37. The third-order valence-electron chi connectivity index (χ3n) is 5.82. The van der Waals surface area contributed by atoms with E-state index in [4.69, 9.17) is 14.5 Å². The number of hydrogen-bond donors (Lipinski definition) is 1. The fourth-order valence-corrected chi connectivity index (χ4v) is 4.33. The third kappa shape index (κ3) is 2.98. The average molecular weight is 355 g/mol. The number of ether oxygens (including phenoxy) is 2. The molecule has 140 valence electrons. The first-order valence-corrected chi connectivity index (χ1v) is 9.68. The van der Waals surface area contributed by atoms with Crippen LogP contribution >= 0.6 is 0 Å². The van der Waals surface area contributed by atoms with E-state index in [0.29, 0.717) is 12.1 Å². The number of aryl methyl sites for hydroxylation is 1. The minimum atomic E-state index is 0.487. The molecule has 1 fully saturated rings. The second-order valence-corrected chi connectivity index (χ2v) is 7.71. The number of nitrogens with zero attached hydrogens (tertiary/aromatic N) is 2. The van der Waals surface area contributed by atoms with Gasteiger partial charge in [-0.2, -0.15) is 0 Å². The van der Waals surface area contributed by atoms with Gasteiger partial charge in [-0.1, -0.05) is 0 Å². The number of nitrogens with one attached hydrogen (secondary N) is 1. The van der Waals surface area contributed by atoms with Crippen LogP contribution in [-0.2, 0) is 12.8 Å². The van der Waals surface area contributed by atoms with E-state index >= 15 is 0 Å². The second-order valence-electron chi connectivity index (χ2n) is 7.71. The van der Waals surface area contributed by atoms with Gasteiger partial charge in [0.05, 0.1) is 19.7 Å². The van der Waals surface area contributed by atoms with Gasteiger partial charge in [0.25, 0.3) is 0 Å². The number of hydrogen-bond acceptors (Lipinski definition) is 5. The second kappa shape index (κ2) is 6.95. The van der Waals surface area contributed by atoms with Gasteiger partial charge in [0.2, 0.25) is 0 Å². The molecule has 0 spiro atoms. The molecule has 5 nitrogen and oxygen atoms in total. The molecule has 1 aliphatic carbocycles. The molecule has 1 N–H and O–H groups in total. The number of benzene rings is 1. The first-order valence-electron chi connectivity index (χ1n) is 9.68. The summed E-state index contributed by atoms with van der Waals surface area (Å²) >= 11 is 0. The normalized spacial score (nSPS) is 20.0. The first kappa shape index (κ1) is 17.4. The van der Waals surface area contributed by atoms with E-state index in [1.165, 1.54) is 29.8 Å². The van der Waals surface area contributed by atoms with Crippen LogP contribution in [0.4, 0.5) is 5.69 Å². The van der Waals surface area contributed by atoms with Crippen molar-refractivity contribution >= 4 is 16.6 Å². The van der Waals surface area contributed by atoms with E-state index in [0.717, 1.165) is 48.3 Å². The zero-order chi connectivity index (χ0) is 18.3. The van der Waals surface area contributed by atoms with E-state index in [1.54, 1.807) is 14.2 Å². The molecule has 0 saturated carbocycles. The maximum atomic E-state index is 5.55. The number of pyridine rings is 1. The summed E-state index contributed by atoms with van der Waals surface area (Å²) in [6, 6.07) is 5.18. The summed E-state index contributed by atoms with van der Waals surface area (Å²) in [6.45, 7) is 6.82. The molecule has 1 aromatic heterocycles. The number of anilines is 1. The lowest BCUT2D eigenvalue weighted by atomic mass is 10.0. The van der Waals surface area contributed by atoms with Crippen LogP contribution in [0.25, 0.3) is 10.9 Å². The van der Waals surface area contributed by atoms with Gasteiger partial charge in [0.15, 0.2) is 11.5 Å². The Morgan fingerprint density at radius 2 is 1.92 bits per heavy atom. The van der Waals surface area contributed by atoms with E-state index in [2.05, 4.69) is 30.1 Å². The molecule has 1 aromatic carbocycles. The molecule has 0 amide bonds. The van der Waals surface area contributed by atoms with Crippen LogP contribution < -0.4 is 14.8 Å². The summed E-state index contributed by atoms with van der Waals surface area (Å²) in [5, 5.41) is 5.02. The lowest BCUT2D eigenvalue weighted by Gasteiger charge is -2.23. The maximum Gasteiger partial charge on any atom is 0.162 e. The summed E-state index contributed by atoms with van der Waals surface area (Å²) in [5.74, 6) is 1.50. The summed E-state index contributed by atoms with van der Waals surface area (Å²) in [6.07, 6.45) is 4.54. The molecular weight excluding hydrogens is 326 g/mol. The number of fused-ring (bicyclic) bond motifs is 2. The van der Waals surface area contributed by atoms with E-state index in [9.17, 15) is 0 Å². The van der Waals surface area contributed by atoms with Crippen molar-refractivity contribution in [2.75, 3.05) is 32.6 Å². The average Bonchev–Trinajstić information content (AvgIpc) is 3.29. The van der Waals surface area contributed by atoms with Gasteiger partial charge in [0.1, 0.15) is 0 Å². The topological polar surface area (TPSA) is 46.6 Å². The summed E-state index contributed by atoms with van der Waals surface area (Å²) in [4.78, 5) is 7.48. The highest BCUT2D eigenvalue weighted by molar-refractivity contribution is 5.96. The Hall–Kier alpha value is -2.01. The molecule has 0 radical (unpaired) electrons. The fourth-order valence-electron chi connectivity index (χ4n) is 4.33. The van der Waals surface area contributed by atoms with Gasteiger partial charge in [-0.05, 0) is 51.2 Å². The van der Waals surface area contributed by atoms with Gasteiger partial charge in [-0.15, -0.1) is 0 Å². The van der Waals surface area contributed by atoms with Gasteiger partial charge in [-0.3, -0.25) is 9.88 Å². The zero-order valence-electron chi connectivity index (χ0n) is 16.3. The van der Waals surface area contributed by atoms with Crippen LogP contribution in [0.5, 0.6) is 11.5 Å². The highest BCUT2D eigenvalue weighted by Gasteiger charge is 2.27. The van der Waals surface area contributed by atoms with Crippen molar-refractivity contribution in [2.45, 2.75) is 51.6 Å². The maximum absolute atomic E-state index is 5.55. The summed E-state index contributed by atoms with van der Waals surface area (Å²) < 4.78 is 11.0. The van der Waals surface area contributed by atoms with Crippen molar-refractivity contribution in [3.05, 3.63) is 23.4 Å². The predicted octanol–water partition coefficient (Wildman–Crippen LogP) is 3.64. The van der Waals surface area contributed by atoms with Gasteiger partial charge >= 0.3 is 0 Å².